The van der Waals surface area contributed by atoms with Gasteiger partial charge in [-0.25, -0.2) is 0 Å². The summed E-state index contributed by atoms with van der Waals surface area (Å²) in [5.74, 6) is -0.0259. The summed E-state index contributed by atoms with van der Waals surface area (Å²) < 4.78 is 0. The molecule has 0 aliphatic carbocycles. The zero-order valence-electron chi connectivity index (χ0n) is 12.2. The molecule has 0 saturated carbocycles. The van der Waals surface area contributed by atoms with Crippen molar-refractivity contribution in [2.75, 3.05) is 5.32 Å². The topological polar surface area (TPSA) is 41.1 Å². The molecule has 1 atom stereocenters. The average Bonchev–Trinajstić information content (AvgIpc) is 2.92. The first-order valence-electron chi connectivity index (χ1n) is 6.61. The smallest absolute Gasteiger partial charge is 0.221 e. The summed E-state index contributed by atoms with van der Waals surface area (Å²) in [7, 11) is 0. The summed E-state index contributed by atoms with van der Waals surface area (Å²) in [6, 6.07) is 4.52. The van der Waals surface area contributed by atoms with E-state index >= 15 is 0 Å². The Hall–Kier alpha value is -1.17. The lowest BCUT2D eigenvalue weighted by Crippen LogP contribution is -2.18. The minimum absolute atomic E-state index is 0.0259. The molecular weight excluding hydrogens is 288 g/mol. The maximum absolute atomic E-state index is 11.1. The van der Waals surface area contributed by atoms with E-state index in [0.29, 0.717) is 6.04 Å². The summed E-state index contributed by atoms with van der Waals surface area (Å²) in [5, 5.41) is 8.41. The lowest BCUT2D eigenvalue weighted by Gasteiger charge is -2.14. The molecule has 0 aromatic carbocycles. The van der Waals surface area contributed by atoms with Crippen LogP contribution in [0.2, 0.25) is 0 Å². The maximum atomic E-state index is 11.1. The van der Waals surface area contributed by atoms with Gasteiger partial charge in [-0.1, -0.05) is 0 Å². The second kappa shape index (κ2) is 6.52. The van der Waals surface area contributed by atoms with Crippen LogP contribution in [0.1, 0.15) is 40.1 Å². The van der Waals surface area contributed by atoms with Gasteiger partial charge in [0.25, 0.3) is 0 Å². The molecule has 2 N–H and O–H groups in total. The van der Waals surface area contributed by atoms with E-state index in [4.69, 9.17) is 0 Å². The van der Waals surface area contributed by atoms with Crippen molar-refractivity contribution in [1.82, 2.24) is 5.32 Å². The van der Waals surface area contributed by atoms with E-state index < -0.39 is 0 Å². The van der Waals surface area contributed by atoms with Gasteiger partial charge in [-0.3, -0.25) is 4.79 Å². The second-order valence-electron chi connectivity index (χ2n) is 4.91. The first-order chi connectivity index (χ1) is 9.47. The third-order valence-electron chi connectivity index (χ3n) is 3.17. The molecule has 108 valence electrons. The highest BCUT2D eigenvalue weighted by Crippen LogP contribution is 2.27. The van der Waals surface area contributed by atoms with Crippen molar-refractivity contribution >= 4 is 34.3 Å². The molecule has 2 aromatic rings. The number of nitrogens with one attached hydrogen (secondary N) is 2. The van der Waals surface area contributed by atoms with E-state index in [0.717, 1.165) is 17.1 Å². The van der Waals surface area contributed by atoms with Crippen molar-refractivity contribution in [2.24, 2.45) is 0 Å². The van der Waals surface area contributed by atoms with Crippen LogP contribution in [0.15, 0.2) is 17.5 Å². The predicted molar refractivity (Wildman–Crippen MR) is 87.7 cm³/mol. The lowest BCUT2D eigenvalue weighted by molar-refractivity contribution is -0.114. The number of hydrogen-bond donors (Lipinski definition) is 2. The molecule has 1 amide bonds. The van der Waals surface area contributed by atoms with Crippen molar-refractivity contribution in [1.29, 1.82) is 0 Å². The van der Waals surface area contributed by atoms with Crippen LogP contribution >= 0.6 is 22.7 Å². The maximum Gasteiger partial charge on any atom is 0.221 e. The van der Waals surface area contributed by atoms with Crippen LogP contribution in [0.5, 0.6) is 0 Å². The highest BCUT2D eigenvalue weighted by molar-refractivity contribution is 7.12. The van der Waals surface area contributed by atoms with Crippen LogP contribution in [-0.4, -0.2) is 5.91 Å². The van der Waals surface area contributed by atoms with Gasteiger partial charge in [0.1, 0.15) is 0 Å². The first-order valence-corrected chi connectivity index (χ1v) is 8.31. The van der Waals surface area contributed by atoms with Crippen LogP contribution in [0.4, 0.5) is 5.69 Å². The summed E-state index contributed by atoms with van der Waals surface area (Å²) in [6.07, 6.45) is 0. The predicted octanol–water partition coefficient (Wildman–Crippen LogP) is 4.24. The van der Waals surface area contributed by atoms with Gasteiger partial charge < -0.3 is 10.6 Å². The molecule has 2 heterocycles. The van der Waals surface area contributed by atoms with E-state index in [-0.39, 0.29) is 5.91 Å². The molecule has 0 aliphatic rings. The summed E-state index contributed by atoms with van der Waals surface area (Å²) >= 11 is 3.50. The molecule has 20 heavy (non-hydrogen) atoms. The van der Waals surface area contributed by atoms with Gasteiger partial charge in [-0.2, -0.15) is 0 Å². The van der Waals surface area contributed by atoms with Gasteiger partial charge in [0.2, 0.25) is 5.91 Å². The summed E-state index contributed by atoms with van der Waals surface area (Å²) in [6.45, 7) is 8.79. The average molecular weight is 308 g/mol. The van der Waals surface area contributed by atoms with Crippen molar-refractivity contribution in [3.8, 4) is 0 Å². The van der Waals surface area contributed by atoms with Gasteiger partial charge in [0, 0.05) is 34.1 Å². The molecule has 1 unspecified atom stereocenters. The second-order valence-corrected chi connectivity index (χ2v) is 7.37. The Balaban J connectivity index is 2.00. The standard InChI is InChI=1S/C15H20N2OS2/c1-9-7-13(11(3)20-9)10(2)16-8-15-14(5-6-19-15)17-12(4)18/h5-7,10,16H,8H2,1-4H3,(H,17,18). The molecule has 2 rings (SSSR count). The SMILES string of the molecule is CC(=O)Nc1ccsc1CNC(C)c1cc(C)sc1C. The third-order valence-corrected chi connectivity index (χ3v) is 5.07. The first kappa shape index (κ1) is 15.2. The largest absolute Gasteiger partial charge is 0.325 e. The quantitative estimate of drug-likeness (QED) is 0.867. The minimum Gasteiger partial charge on any atom is -0.325 e. The number of anilines is 1. The Bertz CT molecular complexity index is 601. The van der Waals surface area contributed by atoms with Crippen LogP contribution in [0.3, 0.4) is 0 Å². The van der Waals surface area contributed by atoms with E-state index in [2.05, 4.69) is 37.5 Å². The van der Waals surface area contributed by atoms with Crippen molar-refractivity contribution in [2.45, 2.75) is 40.3 Å². The molecule has 3 nitrogen and oxygen atoms in total. The zero-order chi connectivity index (χ0) is 14.7. The Kier molecular flexibility index (Phi) is 4.96. The van der Waals surface area contributed by atoms with Gasteiger partial charge in [-0.05, 0) is 43.8 Å². The fourth-order valence-corrected chi connectivity index (χ4v) is 4.02. The number of aryl methyl sites for hydroxylation is 2. The van der Waals surface area contributed by atoms with Crippen molar-refractivity contribution in [3.63, 3.8) is 0 Å². The molecule has 2 aromatic heterocycles. The van der Waals surface area contributed by atoms with Gasteiger partial charge in [-0.15, -0.1) is 22.7 Å². The summed E-state index contributed by atoms with van der Waals surface area (Å²) in [5.41, 5.74) is 2.28. The van der Waals surface area contributed by atoms with E-state index in [1.54, 1.807) is 11.3 Å². The number of carbonyl (C=O) groups is 1. The fourth-order valence-electron chi connectivity index (χ4n) is 2.21. The van der Waals surface area contributed by atoms with E-state index in [1.807, 2.05) is 22.8 Å². The number of thiophene rings is 2. The fraction of sp³-hybridized carbons (Fsp3) is 0.400. The van der Waals surface area contributed by atoms with Crippen molar-refractivity contribution in [3.05, 3.63) is 37.7 Å². The van der Waals surface area contributed by atoms with Crippen molar-refractivity contribution < 1.29 is 4.79 Å². The normalized spacial score (nSPS) is 12.4. The molecule has 0 radical (unpaired) electrons. The number of carbonyl (C=O) groups excluding carboxylic acids is 1. The van der Waals surface area contributed by atoms with E-state index in [9.17, 15) is 4.79 Å². The third kappa shape index (κ3) is 3.69. The highest BCUT2D eigenvalue weighted by atomic mass is 32.1. The highest BCUT2D eigenvalue weighted by Gasteiger charge is 2.12. The molecule has 5 heteroatoms. The number of hydrogen-bond acceptors (Lipinski definition) is 4. The number of amides is 1. The molecule has 0 bridgehead atoms. The Morgan fingerprint density at radius 2 is 2.15 bits per heavy atom. The molecule has 0 saturated heterocycles. The van der Waals surface area contributed by atoms with Crippen LogP contribution in [-0.2, 0) is 11.3 Å². The minimum atomic E-state index is -0.0259. The molecule has 0 fully saturated rings. The van der Waals surface area contributed by atoms with Gasteiger partial charge in [0.05, 0.1) is 5.69 Å². The van der Waals surface area contributed by atoms with Crippen LogP contribution in [0.25, 0.3) is 0 Å². The van der Waals surface area contributed by atoms with Crippen LogP contribution in [0, 0.1) is 13.8 Å². The van der Waals surface area contributed by atoms with Gasteiger partial charge in [0.15, 0.2) is 0 Å². The summed E-state index contributed by atoms with van der Waals surface area (Å²) in [4.78, 5) is 15.0. The van der Waals surface area contributed by atoms with E-state index in [1.165, 1.54) is 22.2 Å². The molecule has 0 spiro atoms. The van der Waals surface area contributed by atoms with Crippen LogP contribution < -0.4 is 10.6 Å². The lowest BCUT2D eigenvalue weighted by atomic mass is 10.1. The Morgan fingerprint density at radius 1 is 1.40 bits per heavy atom. The Morgan fingerprint density at radius 3 is 2.75 bits per heavy atom. The Labute approximate surface area is 128 Å². The van der Waals surface area contributed by atoms with Gasteiger partial charge >= 0.3 is 0 Å². The number of rotatable bonds is 5. The monoisotopic (exact) mass is 308 g/mol. The molecular formula is C15H20N2OS2. The molecule has 0 aliphatic heterocycles. The zero-order valence-corrected chi connectivity index (χ0v) is 13.9.